The zero-order valence-corrected chi connectivity index (χ0v) is 11.3. The molecule has 0 radical (unpaired) electrons. The summed E-state index contributed by atoms with van der Waals surface area (Å²) in [6.07, 6.45) is 2.19. The molecule has 2 aliphatic rings. The summed E-state index contributed by atoms with van der Waals surface area (Å²) in [5.74, 6) is 0.406. The summed E-state index contributed by atoms with van der Waals surface area (Å²) in [6, 6.07) is 5.43. The topological polar surface area (TPSA) is 67.4 Å². The number of aryl methyl sites for hydroxylation is 1. The third kappa shape index (κ3) is 2.82. The molecule has 2 heterocycles. The lowest BCUT2D eigenvalue weighted by molar-refractivity contribution is -0.116. The van der Waals surface area contributed by atoms with Gasteiger partial charge in [0.2, 0.25) is 5.91 Å². The molecule has 0 aliphatic carbocycles. The molecule has 0 spiro atoms. The third-order valence-corrected chi connectivity index (χ3v) is 3.84. The number of ether oxygens (including phenoxy) is 1. The molecule has 106 valence electrons. The first-order valence-corrected chi connectivity index (χ1v) is 7.01. The molecule has 20 heavy (non-hydrogen) atoms. The van der Waals surface area contributed by atoms with E-state index in [-0.39, 0.29) is 11.8 Å². The van der Waals surface area contributed by atoms with E-state index >= 15 is 0 Å². The minimum absolute atomic E-state index is 0.0379. The van der Waals surface area contributed by atoms with Gasteiger partial charge in [-0.1, -0.05) is 0 Å². The van der Waals surface area contributed by atoms with Crippen molar-refractivity contribution in [3.05, 3.63) is 29.3 Å². The quantitative estimate of drug-likeness (QED) is 0.874. The van der Waals surface area contributed by atoms with E-state index in [2.05, 4.69) is 10.6 Å². The number of carbonyl (C=O) groups is 2. The standard InChI is InChI=1S/C15H18N2O3/c18-14-4-2-11-7-12(1-3-13(11)17-14)15(19)16-8-10-5-6-20-9-10/h1,3,7,10H,2,4-6,8-9H2,(H,16,19)(H,17,18). The largest absolute Gasteiger partial charge is 0.381 e. The summed E-state index contributed by atoms with van der Waals surface area (Å²) < 4.78 is 5.29. The van der Waals surface area contributed by atoms with E-state index in [1.807, 2.05) is 6.07 Å². The number of fused-ring (bicyclic) bond motifs is 1. The SMILES string of the molecule is O=C1CCc2cc(C(=O)NCC3CCOC3)ccc2N1. The second kappa shape index (κ2) is 5.63. The maximum absolute atomic E-state index is 12.1. The minimum atomic E-state index is -0.0587. The fourth-order valence-electron chi connectivity index (χ4n) is 2.61. The molecule has 1 fully saturated rings. The number of carbonyl (C=O) groups excluding carboxylic acids is 2. The lowest BCUT2D eigenvalue weighted by atomic mass is 10.00. The highest BCUT2D eigenvalue weighted by atomic mass is 16.5. The van der Waals surface area contributed by atoms with Gasteiger partial charge < -0.3 is 15.4 Å². The third-order valence-electron chi connectivity index (χ3n) is 3.84. The molecular formula is C15H18N2O3. The summed E-state index contributed by atoms with van der Waals surface area (Å²) in [7, 11) is 0. The fraction of sp³-hybridized carbons (Fsp3) is 0.467. The first kappa shape index (κ1) is 13.1. The lowest BCUT2D eigenvalue weighted by Crippen LogP contribution is -2.29. The Labute approximate surface area is 117 Å². The Morgan fingerprint density at radius 2 is 2.30 bits per heavy atom. The van der Waals surface area contributed by atoms with Crippen molar-refractivity contribution in [2.24, 2.45) is 5.92 Å². The average Bonchev–Trinajstić information content (AvgIpc) is 2.97. The van der Waals surface area contributed by atoms with Gasteiger partial charge in [0.05, 0.1) is 6.61 Å². The van der Waals surface area contributed by atoms with Crippen molar-refractivity contribution in [2.45, 2.75) is 19.3 Å². The smallest absolute Gasteiger partial charge is 0.251 e. The molecule has 0 saturated carbocycles. The second-order valence-electron chi connectivity index (χ2n) is 5.36. The zero-order chi connectivity index (χ0) is 13.9. The number of hydrogen-bond acceptors (Lipinski definition) is 3. The molecule has 2 amide bonds. The second-order valence-corrected chi connectivity index (χ2v) is 5.36. The van der Waals surface area contributed by atoms with Crippen LogP contribution in [0.15, 0.2) is 18.2 Å². The van der Waals surface area contributed by atoms with Crippen LogP contribution in [0.25, 0.3) is 0 Å². The Morgan fingerprint density at radius 1 is 1.40 bits per heavy atom. The first-order chi connectivity index (χ1) is 9.72. The van der Waals surface area contributed by atoms with Crippen LogP contribution in [-0.4, -0.2) is 31.6 Å². The molecule has 3 rings (SSSR count). The molecule has 1 unspecified atom stereocenters. The number of amides is 2. The van der Waals surface area contributed by atoms with Crippen molar-refractivity contribution in [3.8, 4) is 0 Å². The van der Waals surface area contributed by atoms with Crippen LogP contribution < -0.4 is 10.6 Å². The maximum Gasteiger partial charge on any atom is 0.251 e. The molecular weight excluding hydrogens is 256 g/mol. The Hall–Kier alpha value is -1.88. The predicted octanol–water partition coefficient (Wildman–Crippen LogP) is 1.34. The van der Waals surface area contributed by atoms with Gasteiger partial charge in [-0.15, -0.1) is 0 Å². The van der Waals surface area contributed by atoms with E-state index < -0.39 is 0 Å². The van der Waals surface area contributed by atoms with E-state index in [0.717, 1.165) is 30.9 Å². The molecule has 1 aromatic rings. The van der Waals surface area contributed by atoms with Crippen molar-refractivity contribution in [3.63, 3.8) is 0 Å². The fourth-order valence-corrected chi connectivity index (χ4v) is 2.61. The van der Waals surface area contributed by atoms with E-state index in [1.54, 1.807) is 12.1 Å². The van der Waals surface area contributed by atoms with Gasteiger partial charge in [0.25, 0.3) is 5.91 Å². The molecule has 2 N–H and O–H groups in total. The Bertz CT molecular complexity index is 536. The van der Waals surface area contributed by atoms with Crippen molar-refractivity contribution in [2.75, 3.05) is 25.1 Å². The van der Waals surface area contributed by atoms with Crippen LogP contribution in [-0.2, 0) is 16.0 Å². The van der Waals surface area contributed by atoms with Gasteiger partial charge in [0.1, 0.15) is 0 Å². The highest BCUT2D eigenvalue weighted by Crippen LogP contribution is 2.23. The van der Waals surface area contributed by atoms with Gasteiger partial charge >= 0.3 is 0 Å². The monoisotopic (exact) mass is 274 g/mol. The van der Waals surface area contributed by atoms with Crippen LogP contribution in [0.3, 0.4) is 0 Å². The van der Waals surface area contributed by atoms with Crippen LogP contribution in [0.5, 0.6) is 0 Å². The maximum atomic E-state index is 12.1. The van der Waals surface area contributed by atoms with Gasteiger partial charge in [0, 0.05) is 36.7 Å². The highest BCUT2D eigenvalue weighted by molar-refractivity contribution is 5.97. The summed E-state index contributed by atoms with van der Waals surface area (Å²) >= 11 is 0. The van der Waals surface area contributed by atoms with E-state index in [9.17, 15) is 9.59 Å². The first-order valence-electron chi connectivity index (χ1n) is 7.01. The molecule has 1 atom stereocenters. The van der Waals surface area contributed by atoms with Crippen LogP contribution in [0.4, 0.5) is 5.69 Å². The molecule has 2 aliphatic heterocycles. The Kier molecular flexibility index (Phi) is 3.69. The number of benzene rings is 1. The molecule has 5 heteroatoms. The van der Waals surface area contributed by atoms with Gasteiger partial charge in [-0.3, -0.25) is 9.59 Å². The molecule has 1 saturated heterocycles. The molecule has 5 nitrogen and oxygen atoms in total. The molecule has 1 aromatic carbocycles. The normalized spacial score (nSPS) is 21.2. The van der Waals surface area contributed by atoms with Gasteiger partial charge in [-0.2, -0.15) is 0 Å². The van der Waals surface area contributed by atoms with Crippen LogP contribution >= 0.6 is 0 Å². The lowest BCUT2D eigenvalue weighted by Gasteiger charge is -2.17. The van der Waals surface area contributed by atoms with Crippen LogP contribution in [0, 0.1) is 5.92 Å². The van der Waals surface area contributed by atoms with Gasteiger partial charge in [-0.05, 0) is 36.6 Å². The Balaban J connectivity index is 1.64. The van der Waals surface area contributed by atoms with Crippen LogP contribution in [0.1, 0.15) is 28.8 Å². The average molecular weight is 274 g/mol. The highest BCUT2D eigenvalue weighted by Gasteiger charge is 2.19. The summed E-state index contributed by atoms with van der Waals surface area (Å²) in [5, 5.41) is 5.77. The number of hydrogen-bond donors (Lipinski definition) is 2. The van der Waals surface area contributed by atoms with Crippen molar-refractivity contribution in [1.82, 2.24) is 5.32 Å². The van der Waals surface area contributed by atoms with Gasteiger partial charge in [0.15, 0.2) is 0 Å². The molecule has 0 aromatic heterocycles. The summed E-state index contributed by atoms with van der Waals surface area (Å²) in [4.78, 5) is 23.4. The number of rotatable bonds is 3. The van der Waals surface area contributed by atoms with E-state index in [0.29, 0.717) is 30.9 Å². The number of nitrogens with one attached hydrogen (secondary N) is 2. The zero-order valence-electron chi connectivity index (χ0n) is 11.3. The molecule has 0 bridgehead atoms. The van der Waals surface area contributed by atoms with Crippen molar-refractivity contribution in [1.29, 1.82) is 0 Å². The number of anilines is 1. The minimum Gasteiger partial charge on any atom is -0.381 e. The van der Waals surface area contributed by atoms with Crippen molar-refractivity contribution < 1.29 is 14.3 Å². The predicted molar refractivity (Wildman–Crippen MR) is 74.7 cm³/mol. The van der Waals surface area contributed by atoms with Crippen molar-refractivity contribution >= 4 is 17.5 Å². The van der Waals surface area contributed by atoms with Crippen LogP contribution in [0.2, 0.25) is 0 Å². The van der Waals surface area contributed by atoms with Gasteiger partial charge in [-0.25, -0.2) is 0 Å². The van der Waals surface area contributed by atoms with E-state index in [4.69, 9.17) is 4.74 Å². The van der Waals surface area contributed by atoms with E-state index in [1.165, 1.54) is 0 Å². The Morgan fingerprint density at radius 3 is 3.10 bits per heavy atom. The summed E-state index contributed by atoms with van der Waals surface area (Å²) in [6.45, 7) is 2.18. The summed E-state index contributed by atoms with van der Waals surface area (Å²) in [5.41, 5.74) is 2.50.